The summed E-state index contributed by atoms with van der Waals surface area (Å²) in [6.45, 7) is 1.96. The van der Waals surface area contributed by atoms with E-state index < -0.39 is 0 Å². The van der Waals surface area contributed by atoms with Crippen LogP contribution in [-0.4, -0.2) is 17.3 Å². The molecule has 5 heteroatoms. The summed E-state index contributed by atoms with van der Waals surface area (Å²) in [6.07, 6.45) is 2.29. The molecule has 0 spiro atoms. The van der Waals surface area contributed by atoms with Gasteiger partial charge in [-0.1, -0.05) is 5.16 Å². The number of methoxy groups -OCH3 is 1. The van der Waals surface area contributed by atoms with Crippen LogP contribution in [0.2, 0.25) is 0 Å². The Labute approximate surface area is 111 Å². The number of benzene rings is 1. The molecule has 0 saturated heterocycles. The van der Waals surface area contributed by atoms with Crippen LogP contribution >= 0.6 is 0 Å². The molecule has 2 aromatic rings. The maximum atomic E-state index is 5.80. The van der Waals surface area contributed by atoms with Crippen LogP contribution in [0.3, 0.4) is 0 Å². The molecule has 2 N–H and O–H groups in total. The number of aryl methyl sites for hydroxylation is 1. The van der Waals surface area contributed by atoms with Crippen molar-refractivity contribution in [3.05, 3.63) is 29.6 Å². The molecule has 3 rings (SSSR count). The summed E-state index contributed by atoms with van der Waals surface area (Å²) in [5.41, 5.74) is 8.45. The maximum absolute atomic E-state index is 5.80. The molecule has 1 aromatic heterocycles. The van der Waals surface area contributed by atoms with Gasteiger partial charge in [-0.15, -0.1) is 0 Å². The van der Waals surface area contributed by atoms with Crippen molar-refractivity contribution in [2.24, 2.45) is 5.92 Å². The van der Waals surface area contributed by atoms with Crippen molar-refractivity contribution in [1.82, 2.24) is 10.1 Å². The summed E-state index contributed by atoms with van der Waals surface area (Å²) in [6, 6.07) is 5.69. The lowest BCUT2D eigenvalue weighted by molar-refractivity contribution is 0.0751. The SMILES string of the molecule is COC(c1noc(-c2ccc(N)c(C)c2)n1)C1CC1. The van der Waals surface area contributed by atoms with Gasteiger partial charge >= 0.3 is 0 Å². The van der Waals surface area contributed by atoms with E-state index in [0.29, 0.717) is 17.6 Å². The second-order valence-corrected chi connectivity index (χ2v) is 5.02. The molecule has 100 valence electrons. The molecular weight excluding hydrogens is 242 g/mol. The Hall–Kier alpha value is -1.88. The predicted molar refractivity (Wildman–Crippen MR) is 71.4 cm³/mol. The van der Waals surface area contributed by atoms with Crippen molar-refractivity contribution in [1.29, 1.82) is 0 Å². The zero-order chi connectivity index (χ0) is 13.4. The van der Waals surface area contributed by atoms with E-state index in [2.05, 4.69) is 10.1 Å². The second-order valence-electron chi connectivity index (χ2n) is 5.02. The maximum Gasteiger partial charge on any atom is 0.258 e. The van der Waals surface area contributed by atoms with Crippen LogP contribution < -0.4 is 5.73 Å². The number of hydrogen-bond acceptors (Lipinski definition) is 5. The predicted octanol–water partition coefficient (Wildman–Crippen LogP) is 2.72. The third-order valence-electron chi connectivity index (χ3n) is 3.52. The van der Waals surface area contributed by atoms with Gasteiger partial charge in [-0.25, -0.2) is 0 Å². The smallest absolute Gasteiger partial charge is 0.258 e. The minimum absolute atomic E-state index is 0.0487. The molecule has 19 heavy (non-hydrogen) atoms. The molecule has 0 radical (unpaired) electrons. The monoisotopic (exact) mass is 259 g/mol. The van der Waals surface area contributed by atoms with Crippen LogP contribution in [-0.2, 0) is 4.74 Å². The summed E-state index contributed by atoms with van der Waals surface area (Å²) in [7, 11) is 1.69. The summed E-state index contributed by atoms with van der Waals surface area (Å²) >= 11 is 0. The molecule has 1 atom stereocenters. The molecule has 1 aliphatic rings. The number of anilines is 1. The van der Waals surface area contributed by atoms with Gasteiger partial charge in [-0.05, 0) is 49.4 Å². The normalized spacial score (nSPS) is 16.5. The van der Waals surface area contributed by atoms with Crippen LogP contribution in [0.4, 0.5) is 5.69 Å². The van der Waals surface area contributed by atoms with Gasteiger partial charge in [-0.2, -0.15) is 4.98 Å². The van der Waals surface area contributed by atoms with Crippen molar-refractivity contribution in [2.45, 2.75) is 25.9 Å². The number of nitrogen functional groups attached to an aromatic ring is 1. The highest BCUT2D eigenvalue weighted by Crippen LogP contribution is 2.42. The number of rotatable bonds is 4. The van der Waals surface area contributed by atoms with Gasteiger partial charge in [0.05, 0.1) is 0 Å². The van der Waals surface area contributed by atoms with E-state index in [1.54, 1.807) is 7.11 Å². The summed E-state index contributed by atoms with van der Waals surface area (Å²) < 4.78 is 10.8. The van der Waals surface area contributed by atoms with E-state index >= 15 is 0 Å². The van der Waals surface area contributed by atoms with Crippen molar-refractivity contribution in [3.8, 4) is 11.5 Å². The lowest BCUT2D eigenvalue weighted by Gasteiger charge is -2.08. The van der Waals surface area contributed by atoms with E-state index in [0.717, 1.165) is 16.8 Å². The fraction of sp³-hybridized carbons (Fsp3) is 0.429. The molecule has 0 bridgehead atoms. The summed E-state index contributed by atoms with van der Waals surface area (Å²) in [4.78, 5) is 4.44. The first-order valence-corrected chi connectivity index (χ1v) is 6.42. The Balaban J connectivity index is 1.89. The zero-order valence-corrected chi connectivity index (χ0v) is 11.1. The van der Waals surface area contributed by atoms with E-state index in [1.807, 2.05) is 25.1 Å². The van der Waals surface area contributed by atoms with Gasteiger partial charge in [0.25, 0.3) is 5.89 Å². The Bertz CT molecular complexity index is 590. The first kappa shape index (κ1) is 12.2. The fourth-order valence-electron chi connectivity index (χ4n) is 2.18. The van der Waals surface area contributed by atoms with Gasteiger partial charge < -0.3 is 15.0 Å². The highest BCUT2D eigenvalue weighted by atomic mass is 16.5. The minimum Gasteiger partial charge on any atom is -0.399 e. The Kier molecular flexibility index (Phi) is 2.98. The number of aromatic nitrogens is 2. The summed E-state index contributed by atoms with van der Waals surface area (Å²) in [5, 5.41) is 4.03. The first-order chi connectivity index (χ1) is 9.19. The highest BCUT2D eigenvalue weighted by molar-refractivity contribution is 5.60. The van der Waals surface area contributed by atoms with Crippen molar-refractivity contribution in [2.75, 3.05) is 12.8 Å². The standard InChI is InChI=1S/C14H17N3O2/c1-8-7-10(5-6-11(8)15)14-16-13(17-19-14)12(18-2)9-3-4-9/h5-7,9,12H,3-4,15H2,1-2H3. The molecule has 1 unspecified atom stereocenters. The number of nitrogens with two attached hydrogens (primary N) is 1. The van der Waals surface area contributed by atoms with Crippen LogP contribution in [0, 0.1) is 12.8 Å². The topological polar surface area (TPSA) is 74.2 Å². The lowest BCUT2D eigenvalue weighted by Crippen LogP contribution is -2.05. The molecule has 1 aromatic carbocycles. The van der Waals surface area contributed by atoms with E-state index in [1.165, 1.54) is 12.8 Å². The Morgan fingerprint density at radius 3 is 2.84 bits per heavy atom. The van der Waals surface area contributed by atoms with Crippen LogP contribution in [0.15, 0.2) is 22.7 Å². The molecule has 5 nitrogen and oxygen atoms in total. The van der Waals surface area contributed by atoms with Crippen molar-refractivity contribution in [3.63, 3.8) is 0 Å². The first-order valence-electron chi connectivity index (χ1n) is 6.42. The third-order valence-corrected chi connectivity index (χ3v) is 3.52. The van der Waals surface area contributed by atoms with Crippen LogP contribution in [0.25, 0.3) is 11.5 Å². The van der Waals surface area contributed by atoms with Crippen molar-refractivity contribution >= 4 is 5.69 Å². The number of hydrogen-bond donors (Lipinski definition) is 1. The average molecular weight is 259 g/mol. The van der Waals surface area contributed by atoms with Crippen molar-refractivity contribution < 1.29 is 9.26 Å². The molecule has 1 fully saturated rings. The Morgan fingerprint density at radius 1 is 1.42 bits per heavy atom. The third kappa shape index (κ3) is 2.33. The fourth-order valence-corrected chi connectivity index (χ4v) is 2.18. The zero-order valence-electron chi connectivity index (χ0n) is 11.1. The molecular formula is C14H17N3O2. The minimum atomic E-state index is -0.0487. The molecule has 1 saturated carbocycles. The van der Waals surface area contributed by atoms with E-state index in [4.69, 9.17) is 15.0 Å². The van der Waals surface area contributed by atoms with Gasteiger partial charge in [0.15, 0.2) is 0 Å². The molecule has 1 aliphatic carbocycles. The summed E-state index contributed by atoms with van der Waals surface area (Å²) in [5.74, 6) is 1.68. The quantitative estimate of drug-likeness (QED) is 0.854. The highest BCUT2D eigenvalue weighted by Gasteiger charge is 2.35. The second kappa shape index (κ2) is 4.66. The molecule has 0 amide bonds. The Morgan fingerprint density at radius 2 is 2.21 bits per heavy atom. The van der Waals surface area contributed by atoms with Gasteiger partial charge in [-0.3, -0.25) is 0 Å². The van der Waals surface area contributed by atoms with E-state index in [-0.39, 0.29) is 6.10 Å². The average Bonchev–Trinajstić information content (AvgIpc) is 3.11. The van der Waals surface area contributed by atoms with Gasteiger partial charge in [0.1, 0.15) is 6.10 Å². The number of ether oxygens (including phenoxy) is 1. The van der Waals surface area contributed by atoms with Crippen LogP contribution in [0.5, 0.6) is 0 Å². The lowest BCUT2D eigenvalue weighted by atomic mass is 10.1. The van der Waals surface area contributed by atoms with Gasteiger partial charge in [0.2, 0.25) is 5.82 Å². The largest absolute Gasteiger partial charge is 0.399 e. The molecule has 1 heterocycles. The van der Waals surface area contributed by atoms with Crippen LogP contribution in [0.1, 0.15) is 30.3 Å². The molecule has 0 aliphatic heterocycles. The van der Waals surface area contributed by atoms with Gasteiger partial charge in [0, 0.05) is 18.4 Å². The van der Waals surface area contributed by atoms with E-state index in [9.17, 15) is 0 Å². The number of nitrogens with zero attached hydrogens (tertiary/aromatic N) is 2.